The van der Waals surface area contributed by atoms with Crippen LogP contribution < -0.4 is 5.32 Å². The van der Waals surface area contributed by atoms with Crippen molar-refractivity contribution in [2.75, 3.05) is 18.4 Å². The molecule has 4 heteroatoms. The first-order valence-electron chi connectivity index (χ1n) is 6.87. The summed E-state index contributed by atoms with van der Waals surface area (Å²) in [5, 5.41) is 2.78. The molecule has 0 atom stereocenters. The Morgan fingerprint density at radius 2 is 1.75 bits per heavy atom. The van der Waals surface area contributed by atoms with Crippen LogP contribution in [0.4, 0.5) is 5.69 Å². The minimum atomic E-state index is -0.241. The number of rotatable bonds is 3. The normalized spacial score (nSPS) is 14.2. The standard InChI is InChI=1S/C16H20N2O2/c1-4-14(19)17-15-11(2)9-13(10-12(15)3)16(20)18-7-5-6-8-18/h4,9-10H,1,5-8H2,2-3H3,(H,17,19). The highest BCUT2D eigenvalue weighted by Gasteiger charge is 2.20. The SMILES string of the molecule is C=CC(=O)Nc1c(C)cc(C(=O)N2CCCC2)cc1C. The van der Waals surface area contributed by atoms with Crippen molar-refractivity contribution in [1.29, 1.82) is 0 Å². The van der Waals surface area contributed by atoms with Gasteiger partial charge in [-0.1, -0.05) is 6.58 Å². The number of carbonyl (C=O) groups excluding carboxylic acids is 2. The van der Waals surface area contributed by atoms with E-state index in [-0.39, 0.29) is 11.8 Å². The van der Waals surface area contributed by atoms with Gasteiger partial charge in [-0.15, -0.1) is 0 Å². The third-order valence-corrected chi connectivity index (χ3v) is 3.61. The van der Waals surface area contributed by atoms with Crippen LogP contribution in [-0.4, -0.2) is 29.8 Å². The zero-order valence-electron chi connectivity index (χ0n) is 12.0. The van der Waals surface area contributed by atoms with Crippen LogP contribution in [0.2, 0.25) is 0 Å². The number of likely N-dealkylation sites (tertiary alicyclic amines) is 1. The van der Waals surface area contributed by atoms with Crippen LogP contribution in [0, 0.1) is 13.8 Å². The molecule has 1 saturated heterocycles. The van der Waals surface area contributed by atoms with E-state index in [1.165, 1.54) is 6.08 Å². The van der Waals surface area contributed by atoms with Crippen molar-refractivity contribution in [2.24, 2.45) is 0 Å². The van der Waals surface area contributed by atoms with Gasteiger partial charge in [0.05, 0.1) is 0 Å². The average Bonchev–Trinajstić information content (AvgIpc) is 2.95. The number of amides is 2. The third-order valence-electron chi connectivity index (χ3n) is 3.61. The van der Waals surface area contributed by atoms with E-state index in [9.17, 15) is 9.59 Å². The summed E-state index contributed by atoms with van der Waals surface area (Å²) in [6, 6.07) is 3.68. The van der Waals surface area contributed by atoms with E-state index in [0.29, 0.717) is 5.56 Å². The summed E-state index contributed by atoms with van der Waals surface area (Å²) >= 11 is 0. The largest absolute Gasteiger partial charge is 0.339 e. The van der Waals surface area contributed by atoms with Crippen LogP contribution in [0.3, 0.4) is 0 Å². The Morgan fingerprint density at radius 1 is 1.20 bits per heavy atom. The number of carbonyl (C=O) groups is 2. The number of benzene rings is 1. The summed E-state index contributed by atoms with van der Waals surface area (Å²) in [6.07, 6.45) is 3.40. The first-order chi connectivity index (χ1) is 9.52. The lowest BCUT2D eigenvalue weighted by molar-refractivity contribution is -0.111. The van der Waals surface area contributed by atoms with E-state index < -0.39 is 0 Å². The van der Waals surface area contributed by atoms with Crippen molar-refractivity contribution < 1.29 is 9.59 Å². The molecule has 0 bridgehead atoms. The van der Waals surface area contributed by atoms with Gasteiger partial charge in [0.15, 0.2) is 0 Å². The van der Waals surface area contributed by atoms with Gasteiger partial charge in [0, 0.05) is 24.3 Å². The van der Waals surface area contributed by atoms with Crippen LogP contribution in [0.1, 0.15) is 34.3 Å². The molecule has 1 heterocycles. The van der Waals surface area contributed by atoms with Gasteiger partial charge in [-0.3, -0.25) is 9.59 Å². The fourth-order valence-electron chi connectivity index (χ4n) is 2.56. The number of anilines is 1. The Kier molecular flexibility index (Phi) is 4.23. The monoisotopic (exact) mass is 272 g/mol. The molecule has 1 aliphatic rings. The maximum atomic E-state index is 12.4. The average molecular weight is 272 g/mol. The summed E-state index contributed by atoms with van der Waals surface area (Å²) < 4.78 is 0. The summed E-state index contributed by atoms with van der Waals surface area (Å²) in [6.45, 7) is 8.91. The highest BCUT2D eigenvalue weighted by Crippen LogP contribution is 2.24. The molecule has 0 unspecified atom stereocenters. The van der Waals surface area contributed by atoms with Gasteiger partial charge in [-0.2, -0.15) is 0 Å². The molecule has 0 spiro atoms. The Hall–Kier alpha value is -2.10. The second-order valence-electron chi connectivity index (χ2n) is 5.18. The zero-order chi connectivity index (χ0) is 14.7. The lowest BCUT2D eigenvalue weighted by Crippen LogP contribution is -2.27. The van der Waals surface area contributed by atoms with Gasteiger partial charge in [-0.05, 0) is 56.0 Å². The molecule has 1 aromatic carbocycles. The van der Waals surface area contributed by atoms with E-state index >= 15 is 0 Å². The molecular weight excluding hydrogens is 252 g/mol. The van der Waals surface area contributed by atoms with Crippen LogP contribution in [-0.2, 0) is 4.79 Å². The number of hydrogen-bond acceptors (Lipinski definition) is 2. The third kappa shape index (κ3) is 2.90. The lowest BCUT2D eigenvalue weighted by Gasteiger charge is -2.18. The number of hydrogen-bond donors (Lipinski definition) is 1. The minimum Gasteiger partial charge on any atom is -0.339 e. The zero-order valence-corrected chi connectivity index (χ0v) is 12.0. The van der Waals surface area contributed by atoms with Gasteiger partial charge in [0.1, 0.15) is 0 Å². The quantitative estimate of drug-likeness (QED) is 0.860. The number of nitrogens with one attached hydrogen (secondary N) is 1. The maximum absolute atomic E-state index is 12.4. The van der Waals surface area contributed by atoms with Crippen LogP contribution >= 0.6 is 0 Å². The van der Waals surface area contributed by atoms with Crippen molar-refractivity contribution in [1.82, 2.24) is 4.90 Å². The van der Waals surface area contributed by atoms with Crippen molar-refractivity contribution in [3.63, 3.8) is 0 Å². The van der Waals surface area contributed by atoms with Gasteiger partial charge in [-0.25, -0.2) is 0 Å². The van der Waals surface area contributed by atoms with Gasteiger partial charge in [0.2, 0.25) is 5.91 Å². The van der Waals surface area contributed by atoms with E-state index in [1.54, 1.807) is 0 Å². The Labute approximate surface area is 119 Å². The number of nitrogens with zero attached hydrogens (tertiary/aromatic N) is 1. The van der Waals surface area contributed by atoms with Gasteiger partial charge in [0.25, 0.3) is 5.91 Å². The summed E-state index contributed by atoms with van der Waals surface area (Å²) in [7, 11) is 0. The highest BCUT2D eigenvalue weighted by atomic mass is 16.2. The van der Waals surface area contributed by atoms with E-state index in [2.05, 4.69) is 11.9 Å². The molecule has 0 radical (unpaired) electrons. The second kappa shape index (κ2) is 5.90. The molecule has 20 heavy (non-hydrogen) atoms. The first-order valence-corrected chi connectivity index (χ1v) is 6.87. The molecule has 1 fully saturated rings. The van der Waals surface area contributed by atoms with E-state index in [0.717, 1.165) is 42.7 Å². The van der Waals surface area contributed by atoms with Crippen molar-refractivity contribution >= 4 is 17.5 Å². The fraction of sp³-hybridized carbons (Fsp3) is 0.375. The van der Waals surface area contributed by atoms with Crippen molar-refractivity contribution in [3.8, 4) is 0 Å². The summed E-state index contributed by atoms with van der Waals surface area (Å²) in [4.78, 5) is 25.7. The molecule has 106 valence electrons. The summed E-state index contributed by atoms with van der Waals surface area (Å²) in [5.74, 6) is -0.162. The predicted molar refractivity (Wildman–Crippen MR) is 79.9 cm³/mol. The molecule has 1 aromatic rings. The highest BCUT2D eigenvalue weighted by molar-refractivity contribution is 6.01. The molecule has 4 nitrogen and oxygen atoms in total. The molecule has 0 saturated carbocycles. The van der Waals surface area contributed by atoms with E-state index in [1.807, 2.05) is 30.9 Å². The second-order valence-corrected chi connectivity index (χ2v) is 5.18. The van der Waals surface area contributed by atoms with Crippen molar-refractivity contribution in [2.45, 2.75) is 26.7 Å². The van der Waals surface area contributed by atoms with Crippen molar-refractivity contribution in [3.05, 3.63) is 41.5 Å². The summed E-state index contributed by atoms with van der Waals surface area (Å²) in [5.41, 5.74) is 3.23. The molecule has 2 amide bonds. The predicted octanol–water partition coefficient (Wildman–Crippen LogP) is 2.66. The topological polar surface area (TPSA) is 49.4 Å². The van der Waals surface area contributed by atoms with Gasteiger partial charge >= 0.3 is 0 Å². The lowest BCUT2D eigenvalue weighted by atomic mass is 10.0. The van der Waals surface area contributed by atoms with Crippen LogP contribution in [0.5, 0.6) is 0 Å². The Balaban J connectivity index is 2.27. The number of aryl methyl sites for hydroxylation is 2. The van der Waals surface area contributed by atoms with Crippen LogP contribution in [0.25, 0.3) is 0 Å². The molecule has 0 aliphatic carbocycles. The first kappa shape index (κ1) is 14.3. The molecule has 0 aromatic heterocycles. The Morgan fingerprint density at radius 3 is 2.25 bits per heavy atom. The minimum absolute atomic E-state index is 0.0790. The fourth-order valence-corrected chi connectivity index (χ4v) is 2.56. The molecule has 1 aliphatic heterocycles. The maximum Gasteiger partial charge on any atom is 0.253 e. The Bertz CT molecular complexity index is 535. The molecule has 1 N–H and O–H groups in total. The van der Waals surface area contributed by atoms with E-state index in [4.69, 9.17) is 0 Å². The van der Waals surface area contributed by atoms with Gasteiger partial charge < -0.3 is 10.2 Å². The smallest absolute Gasteiger partial charge is 0.253 e. The molecule has 2 rings (SSSR count). The van der Waals surface area contributed by atoms with Crippen LogP contribution in [0.15, 0.2) is 24.8 Å². The molecular formula is C16H20N2O2.